The van der Waals surface area contributed by atoms with Gasteiger partial charge in [-0.2, -0.15) is 0 Å². The van der Waals surface area contributed by atoms with Crippen LogP contribution in [0, 0.1) is 10.1 Å². The first kappa shape index (κ1) is 17.9. The van der Waals surface area contributed by atoms with Crippen LogP contribution in [0.5, 0.6) is 5.75 Å². The summed E-state index contributed by atoms with van der Waals surface area (Å²) in [5.74, 6) is -0.442. The van der Waals surface area contributed by atoms with Gasteiger partial charge in [-0.25, -0.2) is 0 Å². The first-order valence-electron chi connectivity index (χ1n) is 8.25. The van der Waals surface area contributed by atoms with E-state index < -0.39 is 4.92 Å². The molecular formula is C17H22N2O5. The molecule has 7 heteroatoms. The smallest absolute Gasteiger partial charge is 0.311 e. The van der Waals surface area contributed by atoms with Gasteiger partial charge >= 0.3 is 5.69 Å². The maximum Gasteiger partial charge on any atom is 0.311 e. The summed E-state index contributed by atoms with van der Waals surface area (Å²) in [4.78, 5) is 34.3. The summed E-state index contributed by atoms with van der Waals surface area (Å²) in [6.45, 7) is 1.59. The monoisotopic (exact) mass is 334 g/mol. The molecule has 1 aliphatic carbocycles. The summed E-state index contributed by atoms with van der Waals surface area (Å²) in [6.07, 6.45) is 5.13. The van der Waals surface area contributed by atoms with Gasteiger partial charge in [-0.3, -0.25) is 19.7 Å². The van der Waals surface area contributed by atoms with Gasteiger partial charge in [-0.1, -0.05) is 19.8 Å². The van der Waals surface area contributed by atoms with Gasteiger partial charge in [-0.15, -0.1) is 0 Å². The number of nitrogens with zero attached hydrogens (tertiary/aromatic N) is 1. The standard InChI is InChI=1S/C17H22N2O5/c1-2-5-15(20)12-8-9-16(14(10-12)19(22)23)24-11-17(21)18-13-6-3-4-7-13/h8-10,13H,2-7,11H2,1H3,(H,18,21). The van der Waals surface area contributed by atoms with E-state index in [1.165, 1.54) is 18.2 Å². The lowest BCUT2D eigenvalue weighted by Gasteiger charge is -2.12. The minimum atomic E-state index is -0.604. The number of rotatable bonds is 8. The molecule has 0 saturated heterocycles. The zero-order valence-electron chi connectivity index (χ0n) is 13.7. The van der Waals surface area contributed by atoms with Crippen LogP contribution in [-0.4, -0.2) is 29.3 Å². The predicted octanol–water partition coefficient (Wildman–Crippen LogP) is 3.02. The zero-order chi connectivity index (χ0) is 17.5. The average Bonchev–Trinajstić information content (AvgIpc) is 3.05. The van der Waals surface area contributed by atoms with E-state index in [2.05, 4.69) is 5.32 Å². The van der Waals surface area contributed by atoms with Crippen LogP contribution in [0.25, 0.3) is 0 Å². The molecule has 0 radical (unpaired) electrons. The number of carbonyl (C=O) groups is 2. The maximum atomic E-state index is 11.9. The van der Waals surface area contributed by atoms with E-state index in [-0.39, 0.29) is 41.3 Å². The highest BCUT2D eigenvalue weighted by Crippen LogP contribution is 2.28. The lowest BCUT2D eigenvalue weighted by molar-refractivity contribution is -0.385. The summed E-state index contributed by atoms with van der Waals surface area (Å²) in [5.41, 5.74) is -0.0167. The number of carbonyl (C=O) groups excluding carboxylic acids is 2. The number of ketones is 1. The van der Waals surface area contributed by atoms with Crippen LogP contribution in [-0.2, 0) is 4.79 Å². The Hall–Kier alpha value is -2.44. The molecule has 24 heavy (non-hydrogen) atoms. The Labute approximate surface area is 140 Å². The number of hydrogen-bond acceptors (Lipinski definition) is 5. The first-order valence-corrected chi connectivity index (χ1v) is 8.25. The Morgan fingerprint density at radius 3 is 2.67 bits per heavy atom. The van der Waals surface area contributed by atoms with Crippen molar-refractivity contribution in [2.45, 2.75) is 51.5 Å². The van der Waals surface area contributed by atoms with Crippen LogP contribution in [0.4, 0.5) is 5.69 Å². The summed E-state index contributed by atoms with van der Waals surface area (Å²) in [7, 11) is 0. The number of hydrogen-bond donors (Lipinski definition) is 1. The fourth-order valence-corrected chi connectivity index (χ4v) is 2.81. The van der Waals surface area contributed by atoms with Gasteiger partial charge in [0, 0.05) is 24.1 Å². The van der Waals surface area contributed by atoms with Crippen LogP contribution in [0.1, 0.15) is 55.8 Å². The van der Waals surface area contributed by atoms with Crippen LogP contribution in [0.2, 0.25) is 0 Å². The van der Waals surface area contributed by atoms with Gasteiger partial charge in [0.05, 0.1) is 4.92 Å². The van der Waals surface area contributed by atoms with Crippen LogP contribution in [0.15, 0.2) is 18.2 Å². The summed E-state index contributed by atoms with van der Waals surface area (Å²) in [6, 6.07) is 4.26. The van der Waals surface area contributed by atoms with Crippen molar-refractivity contribution >= 4 is 17.4 Å². The fourth-order valence-electron chi connectivity index (χ4n) is 2.81. The second-order valence-electron chi connectivity index (χ2n) is 5.95. The third-order valence-electron chi connectivity index (χ3n) is 4.03. The van der Waals surface area contributed by atoms with Gasteiger partial charge in [0.1, 0.15) is 0 Å². The maximum absolute atomic E-state index is 11.9. The van der Waals surface area contributed by atoms with Crippen molar-refractivity contribution in [1.29, 1.82) is 0 Å². The highest BCUT2D eigenvalue weighted by molar-refractivity contribution is 5.96. The molecule has 0 aromatic heterocycles. The predicted molar refractivity (Wildman–Crippen MR) is 88.2 cm³/mol. The second kappa shape index (κ2) is 8.42. The summed E-state index contributed by atoms with van der Waals surface area (Å²) in [5, 5.41) is 14.0. The van der Waals surface area contributed by atoms with Gasteiger partial charge in [0.25, 0.3) is 5.91 Å². The van der Waals surface area contributed by atoms with E-state index in [4.69, 9.17) is 4.74 Å². The van der Waals surface area contributed by atoms with E-state index in [1.807, 2.05) is 6.92 Å². The summed E-state index contributed by atoms with van der Waals surface area (Å²) < 4.78 is 5.30. The van der Waals surface area contributed by atoms with E-state index in [9.17, 15) is 19.7 Å². The molecule has 2 rings (SSSR count). The normalized spacial score (nSPS) is 14.4. The summed E-state index contributed by atoms with van der Waals surface area (Å²) >= 11 is 0. The topological polar surface area (TPSA) is 98.5 Å². The lowest BCUT2D eigenvalue weighted by atomic mass is 10.1. The van der Waals surface area contributed by atoms with Gasteiger partial charge in [0.2, 0.25) is 0 Å². The number of nitrogens with one attached hydrogen (secondary N) is 1. The molecule has 0 aliphatic heterocycles. The van der Waals surface area contributed by atoms with Crippen LogP contribution < -0.4 is 10.1 Å². The molecule has 0 unspecified atom stereocenters. The molecule has 0 heterocycles. The van der Waals surface area contributed by atoms with Crippen molar-refractivity contribution in [3.8, 4) is 5.75 Å². The number of Topliss-reactive ketones (excluding diaryl/α,β-unsaturated/α-hetero) is 1. The highest BCUT2D eigenvalue weighted by atomic mass is 16.6. The molecule has 1 aliphatic rings. The molecule has 1 N–H and O–H groups in total. The molecule has 1 amide bonds. The van der Waals surface area contributed by atoms with E-state index in [0.717, 1.165) is 25.7 Å². The van der Waals surface area contributed by atoms with E-state index in [0.29, 0.717) is 12.8 Å². The first-order chi connectivity index (χ1) is 11.5. The highest BCUT2D eigenvalue weighted by Gasteiger charge is 2.21. The lowest BCUT2D eigenvalue weighted by Crippen LogP contribution is -2.36. The van der Waals surface area contributed by atoms with Crippen molar-refractivity contribution in [3.05, 3.63) is 33.9 Å². The zero-order valence-corrected chi connectivity index (χ0v) is 13.7. The van der Waals surface area contributed by atoms with Crippen molar-refractivity contribution in [2.24, 2.45) is 0 Å². The molecule has 0 spiro atoms. The number of amides is 1. The van der Waals surface area contributed by atoms with Crippen molar-refractivity contribution in [3.63, 3.8) is 0 Å². The quantitative estimate of drug-likeness (QED) is 0.447. The minimum absolute atomic E-state index is 0.00498. The number of nitro groups is 1. The molecule has 0 atom stereocenters. The Balaban J connectivity index is 2.01. The molecule has 130 valence electrons. The second-order valence-corrected chi connectivity index (χ2v) is 5.95. The fraction of sp³-hybridized carbons (Fsp3) is 0.529. The molecule has 1 aromatic carbocycles. The third kappa shape index (κ3) is 4.78. The van der Waals surface area contributed by atoms with E-state index in [1.54, 1.807) is 0 Å². The Bertz CT molecular complexity index is 623. The molecular weight excluding hydrogens is 312 g/mol. The van der Waals surface area contributed by atoms with Gasteiger partial charge in [0.15, 0.2) is 18.1 Å². The van der Waals surface area contributed by atoms with E-state index >= 15 is 0 Å². The number of nitro benzene ring substituents is 1. The molecule has 1 aromatic rings. The van der Waals surface area contributed by atoms with Crippen LogP contribution in [0.3, 0.4) is 0 Å². The van der Waals surface area contributed by atoms with Gasteiger partial charge in [-0.05, 0) is 31.4 Å². The largest absolute Gasteiger partial charge is 0.477 e. The van der Waals surface area contributed by atoms with Crippen molar-refractivity contribution in [2.75, 3.05) is 6.61 Å². The van der Waals surface area contributed by atoms with Crippen molar-refractivity contribution in [1.82, 2.24) is 5.32 Å². The Kier molecular flexibility index (Phi) is 6.28. The third-order valence-corrected chi connectivity index (χ3v) is 4.03. The molecule has 7 nitrogen and oxygen atoms in total. The van der Waals surface area contributed by atoms with Crippen molar-refractivity contribution < 1.29 is 19.2 Å². The van der Waals surface area contributed by atoms with Crippen LogP contribution >= 0.6 is 0 Å². The average molecular weight is 334 g/mol. The van der Waals surface area contributed by atoms with Gasteiger partial charge < -0.3 is 10.1 Å². The number of benzene rings is 1. The molecule has 0 bridgehead atoms. The molecule has 1 fully saturated rings. The Morgan fingerprint density at radius 1 is 1.33 bits per heavy atom. The SMILES string of the molecule is CCCC(=O)c1ccc(OCC(=O)NC2CCCC2)c([N+](=O)[O-])c1. The minimum Gasteiger partial charge on any atom is -0.477 e. The molecule has 1 saturated carbocycles. The number of ether oxygens (including phenoxy) is 1. The Morgan fingerprint density at radius 2 is 2.04 bits per heavy atom.